The molecule has 94 valence electrons. The minimum Gasteiger partial charge on any atom is -0.477 e. The molecule has 0 spiro atoms. The van der Waals surface area contributed by atoms with E-state index < -0.39 is 5.97 Å². The number of aromatic carboxylic acids is 1. The fraction of sp³-hybridized carbons (Fsp3) is 0. The van der Waals surface area contributed by atoms with Crippen molar-refractivity contribution < 1.29 is 9.90 Å². The van der Waals surface area contributed by atoms with Gasteiger partial charge in [0.05, 0.1) is 0 Å². The van der Waals surface area contributed by atoms with Gasteiger partial charge in [-0.3, -0.25) is 0 Å². The summed E-state index contributed by atoms with van der Waals surface area (Å²) in [6.45, 7) is 0. The van der Waals surface area contributed by atoms with Crippen LogP contribution >= 0.6 is 27.3 Å². The minimum absolute atomic E-state index is 0.388. The summed E-state index contributed by atoms with van der Waals surface area (Å²) >= 11 is 4.76. The van der Waals surface area contributed by atoms with Gasteiger partial charge in [0.15, 0.2) is 0 Å². The van der Waals surface area contributed by atoms with Crippen LogP contribution in [-0.4, -0.2) is 11.1 Å². The van der Waals surface area contributed by atoms with Gasteiger partial charge in [-0.25, -0.2) is 4.79 Å². The Hall–Kier alpha value is -1.65. The molecule has 0 unspecified atom stereocenters. The molecule has 1 aromatic heterocycles. The first kappa shape index (κ1) is 12.4. The quantitative estimate of drug-likeness (QED) is 0.714. The number of rotatable bonds is 2. The summed E-state index contributed by atoms with van der Waals surface area (Å²) in [6, 6.07) is 15.5. The summed E-state index contributed by atoms with van der Waals surface area (Å²) < 4.78 is 1.94. The monoisotopic (exact) mass is 332 g/mol. The first-order valence-corrected chi connectivity index (χ1v) is 7.28. The lowest BCUT2D eigenvalue weighted by Gasteiger charge is -2.02. The highest BCUT2D eigenvalue weighted by molar-refractivity contribution is 9.10. The Kier molecular flexibility index (Phi) is 3.12. The molecule has 1 N–H and O–H groups in total. The highest BCUT2D eigenvalue weighted by Gasteiger charge is 2.18. The normalized spacial score (nSPS) is 10.8. The van der Waals surface area contributed by atoms with Gasteiger partial charge in [0.1, 0.15) is 4.88 Å². The van der Waals surface area contributed by atoms with Crippen molar-refractivity contribution in [1.82, 2.24) is 0 Å². The summed E-state index contributed by atoms with van der Waals surface area (Å²) in [4.78, 5) is 11.8. The molecule has 3 rings (SSSR count). The molecular weight excluding hydrogens is 324 g/mol. The van der Waals surface area contributed by atoms with E-state index in [9.17, 15) is 9.90 Å². The lowest BCUT2D eigenvalue weighted by molar-refractivity contribution is 0.0703. The Morgan fingerprint density at radius 3 is 2.53 bits per heavy atom. The number of carboxylic acid groups (broad SMARTS) is 1. The van der Waals surface area contributed by atoms with E-state index in [-0.39, 0.29) is 0 Å². The molecular formula is C15H9BrO2S. The van der Waals surface area contributed by atoms with Crippen LogP contribution in [0.4, 0.5) is 0 Å². The molecule has 0 radical (unpaired) electrons. The smallest absolute Gasteiger partial charge is 0.346 e. The molecule has 1 heterocycles. The first-order chi connectivity index (χ1) is 9.16. The van der Waals surface area contributed by atoms with Crippen LogP contribution in [0.1, 0.15) is 9.67 Å². The second-order valence-electron chi connectivity index (χ2n) is 4.12. The zero-order valence-electron chi connectivity index (χ0n) is 9.76. The van der Waals surface area contributed by atoms with Crippen molar-refractivity contribution in [3.05, 3.63) is 57.9 Å². The molecule has 0 amide bonds. The molecule has 0 aliphatic rings. The summed E-state index contributed by atoms with van der Waals surface area (Å²) in [5.41, 5.74) is 1.73. The van der Waals surface area contributed by atoms with E-state index in [0.717, 1.165) is 25.7 Å². The Labute approximate surface area is 122 Å². The van der Waals surface area contributed by atoms with Crippen LogP contribution in [0.3, 0.4) is 0 Å². The van der Waals surface area contributed by atoms with Gasteiger partial charge in [0, 0.05) is 20.1 Å². The maximum absolute atomic E-state index is 11.4. The third-order valence-corrected chi connectivity index (χ3v) is 4.56. The van der Waals surface area contributed by atoms with Crippen LogP contribution in [0.2, 0.25) is 0 Å². The topological polar surface area (TPSA) is 37.3 Å². The first-order valence-electron chi connectivity index (χ1n) is 5.67. The molecule has 0 aliphatic heterocycles. The number of halogens is 1. The average Bonchev–Trinajstić information content (AvgIpc) is 2.78. The van der Waals surface area contributed by atoms with Crippen molar-refractivity contribution in [2.45, 2.75) is 0 Å². The Bertz CT molecular complexity index is 762. The fourth-order valence-electron chi connectivity index (χ4n) is 2.11. The number of fused-ring (bicyclic) bond motifs is 1. The molecule has 0 atom stereocenters. The maximum Gasteiger partial charge on any atom is 0.346 e. The van der Waals surface area contributed by atoms with Crippen molar-refractivity contribution in [2.24, 2.45) is 0 Å². The highest BCUT2D eigenvalue weighted by Crippen LogP contribution is 2.39. The summed E-state index contributed by atoms with van der Waals surface area (Å²) in [7, 11) is 0. The van der Waals surface area contributed by atoms with E-state index in [1.54, 1.807) is 0 Å². The van der Waals surface area contributed by atoms with Crippen molar-refractivity contribution >= 4 is 43.3 Å². The van der Waals surface area contributed by atoms with E-state index in [0.29, 0.717) is 4.88 Å². The van der Waals surface area contributed by atoms with Crippen LogP contribution in [0.5, 0.6) is 0 Å². The molecule has 4 heteroatoms. The van der Waals surface area contributed by atoms with Gasteiger partial charge in [-0.15, -0.1) is 11.3 Å². The minimum atomic E-state index is -0.879. The third kappa shape index (κ3) is 2.17. The lowest BCUT2D eigenvalue weighted by atomic mass is 10.0. The largest absolute Gasteiger partial charge is 0.477 e. The van der Waals surface area contributed by atoms with E-state index in [1.165, 1.54) is 11.3 Å². The third-order valence-electron chi connectivity index (χ3n) is 2.91. The number of hydrogen-bond donors (Lipinski definition) is 1. The summed E-state index contributed by atoms with van der Waals surface area (Å²) in [5, 5.41) is 10.4. The molecule has 0 saturated heterocycles. The number of thiophene rings is 1. The number of carboxylic acids is 1. The van der Waals surface area contributed by atoms with E-state index >= 15 is 0 Å². The van der Waals surface area contributed by atoms with Crippen molar-refractivity contribution in [1.29, 1.82) is 0 Å². The molecule has 2 nitrogen and oxygen atoms in total. The number of hydrogen-bond acceptors (Lipinski definition) is 2. The highest BCUT2D eigenvalue weighted by atomic mass is 79.9. The molecule has 19 heavy (non-hydrogen) atoms. The van der Waals surface area contributed by atoms with Crippen LogP contribution in [0.15, 0.2) is 53.0 Å². The van der Waals surface area contributed by atoms with Gasteiger partial charge in [0.2, 0.25) is 0 Å². The second-order valence-corrected chi connectivity index (χ2v) is 6.09. The van der Waals surface area contributed by atoms with E-state index in [2.05, 4.69) is 15.9 Å². The van der Waals surface area contributed by atoms with Crippen LogP contribution in [0.25, 0.3) is 21.2 Å². The zero-order chi connectivity index (χ0) is 13.4. The summed E-state index contributed by atoms with van der Waals surface area (Å²) in [5.74, 6) is -0.879. The van der Waals surface area contributed by atoms with Gasteiger partial charge < -0.3 is 5.11 Å². The molecule has 0 aliphatic carbocycles. The van der Waals surface area contributed by atoms with Crippen molar-refractivity contribution in [3.63, 3.8) is 0 Å². The van der Waals surface area contributed by atoms with Crippen molar-refractivity contribution in [2.75, 3.05) is 0 Å². The Morgan fingerprint density at radius 1 is 1.11 bits per heavy atom. The molecule has 0 fully saturated rings. The van der Waals surface area contributed by atoms with Crippen molar-refractivity contribution in [3.8, 4) is 11.1 Å². The maximum atomic E-state index is 11.4. The van der Waals surface area contributed by atoms with Gasteiger partial charge in [-0.2, -0.15) is 0 Å². The predicted molar refractivity (Wildman–Crippen MR) is 81.9 cm³/mol. The number of benzene rings is 2. The summed E-state index contributed by atoms with van der Waals surface area (Å²) in [6.07, 6.45) is 0. The SMILES string of the molecule is O=C(O)c1sc2ccc(Br)cc2c1-c1ccccc1. The molecule has 0 saturated carbocycles. The fourth-order valence-corrected chi connectivity index (χ4v) is 3.52. The Morgan fingerprint density at radius 2 is 1.84 bits per heavy atom. The van der Waals surface area contributed by atoms with Gasteiger partial charge in [-0.05, 0) is 23.8 Å². The molecule has 2 aromatic carbocycles. The number of carbonyl (C=O) groups is 1. The van der Waals surface area contributed by atoms with Gasteiger partial charge in [0.25, 0.3) is 0 Å². The van der Waals surface area contributed by atoms with E-state index in [1.807, 2.05) is 48.5 Å². The van der Waals surface area contributed by atoms with E-state index in [4.69, 9.17) is 0 Å². The zero-order valence-corrected chi connectivity index (χ0v) is 12.2. The van der Waals surface area contributed by atoms with Crippen LogP contribution in [0, 0.1) is 0 Å². The Balaban J connectivity index is 2.40. The second kappa shape index (κ2) is 4.79. The molecule has 0 bridgehead atoms. The van der Waals surface area contributed by atoms with Gasteiger partial charge in [-0.1, -0.05) is 46.3 Å². The van der Waals surface area contributed by atoms with Crippen LogP contribution < -0.4 is 0 Å². The lowest BCUT2D eigenvalue weighted by Crippen LogP contribution is -1.94. The van der Waals surface area contributed by atoms with Gasteiger partial charge >= 0.3 is 5.97 Å². The molecule has 3 aromatic rings. The van der Waals surface area contributed by atoms with Crippen LogP contribution in [-0.2, 0) is 0 Å². The predicted octanol–water partition coefficient (Wildman–Crippen LogP) is 5.03. The average molecular weight is 333 g/mol. The standard InChI is InChI=1S/C15H9BrO2S/c16-10-6-7-12-11(8-10)13(14(19-12)15(17)18)9-4-2-1-3-5-9/h1-8H,(H,17,18).